The van der Waals surface area contributed by atoms with Crippen LogP contribution < -0.4 is 16.0 Å². The molecule has 0 fully saturated rings. The molecule has 2 rings (SSSR count). The first kappa shape index (κ1) is 19.5. The fourth-order valence-electron chi connectivity index (χ4n) is 2.82. The van der Waals surface area contributed by atoms with Crippen molar-refractivity contribution >= 4 is 29.1 Å². The third-order valence-electron chi connectivity index (χ3n) is 3.95. The van der Waals surface area contributed by atoms with Crippen LogP contribution in [0, 0.1) is 0 Å². The zero-order valence-corrected chi connectivity index (χ0v) is 14.3. The first-order valence-corrected chi connectivity index (χ1v) is 8.23. The van der Waals surface area contributed by atoms with E-state index in [4.69, 9.17) is 17.3 Å². The summed E-state index contributed by atoms with van der Waals surface area (Å²) in [6.07, 6.45) is -3.36. The van der Waals surface area contributed by atoms with Gasteiger partial charge in [0.15, 0.2) is 0 Å². The van der Waals surface area contributed by atoms with E-state index in [1.165, 1.54) is 4.90 Å². The summed E-state index contributed by atoms with van der Waals surface area (Å²) in [5.74, 6) is -1.36. The maximum absolute atomic E-state index is 12.7. The molecule has 1 aromatic carbocycles. The van der Waals surface area contributed by atoms with Gasteiger partial charge in [-0.1, -0.05) is 24.9 Å². The van der Waals surface area contributed by atoms with Crippen LogP contribution in [0.3, 0.4) is 0 Å². The van der Waals surface area contributed by atoms with Gasteiger partial charge in [-0.05, 0) is 30.2 Å². The molecule has 0 unspecified atom stereocenters. The largest absolute Gasteiger partial charge is 0.405 e. The summed E-state index contributed by atoms with van der Waals surface area (Å²) in [6, 6.07) is 2.82. The van der Waals surface area contributed by atoms with Crippen molar-refractivity contribution in [3.05, 3.63) is 28.8 Å². The standard InChI is InChI=1S/C16H19ClF3N3O2/c1-2-3-11(21)15(25)23-12-5-4-10(17)6-9(12)7-13(23)14(24)22-8-16(18,19)20/h4-6,11,13H,2-3,7-8,21H2,1H3,(H,22,24)/t11-,13+/m0/s1. The Labute approximate surface area is 148 Å². The van der Waals surface area contributed by atoms with Gasteiger partial charge in [-0.25, -0.2) is 0 Å². The Kier molecular flexibility index (Phi) is 5.95. The number of nitrogens with zero attached hydrogens (tertiary/aromatic N) is 1. The van der Waals surface area contributed by atoms with Crippen LogP contribution in [0.15, 0.2) is 18.2 Å². The first-order valence-electron chi connectivity index (χ1n) is 7.85. The van der Waals surface area contributed by atoms with Gasteiger partial charge < -0.3 is 11.1 Å². The molecule has 0 aliphatic carbocycles. The first-order chi connectivity index (χ1) is 11.6. The molecule has 5 nitrogen and oxygen atoms in total. The molecule has 25 heavy (non-hydrogen) atoms. The molecule has 0 saturated carbocycles. The van der Waals surface area contributed by atoms with Crippen LogP contribution in [-0.4, -0.2) is 36.6 Å². The molecule has 0 spiro atoms. The minimum atomic E-state index is -4.53. The fourth-order valence-corrected chi connectivity index (χ4v) is 3.02. The molecule has 0 radical (unpaired) electrons. The Hall–Kier alpha value is -1.80. The molecule has 0 saturated heterocycles. The molecule has 9 heteroatoms. The van der Waals surface area contributed by atoms with Gasteiger partial charge in [0.25, 0.3) is 0 Å². The van der Waals surface area contributed by atoms with E-state index in [2.05, 4.69) is 0 Å². The number of carbonyl (C=O) groups is 2. The van der Waals surface area contributed by atoms with E-state index in [9.17, 15) is 22.8 Å². The lowest BCUT2D eigenvalue weighted by molar-refractivity contribution is -0.139. The summed E-state index contributed by atoms with van der Waals surface area (Å²) < 4.78 is 37.1. The lowest BCUT2D eigenvalue weighted by atomic mass is 10.1. The summed E-state index contributed by atoms with van der Waals surface area (Å²) >= 11 is 5.93. The second kappa shape index (κ2) is 7.61. The van der Waals surface area contributed by atoms with Crippen molar-refractivity contribution in [2.45, 2.75) is 44.4 Å². The van der Waals surface area contributed by atoms with Crippen LogP contribution in [0.5, 0.6) is 0 Å². The predicted molar refractivity (Wildman–Crippen MR) is 88.4 cm³/mol. The highest BCUT2D eigenvalue weighted by atomic mass is 35.5. The van der Waals surface area contributed by atoms with Crippen molar-refractivity contribution in [2.75, 3.05) is 11.4 Å². The molecule has 1 aliphatic heterocycles. The number of benzene rings is 1. The molecule has 1 heterocycles. The average molecular weight is 378 g/mol. The Morgan fingerprint density at radius 1 is 1.44 bits per heavy atom. The van der Waals surface area contributed by atoms with Gasteiger partial charge >= 0.3 is 6.18 Å². The second-order valence-corrected chi connectivity index (χ2v) is 6.37. The van der Waals surface area contributed by atoms with Crippen molar-refractivity contribution in [3.8, 4) is 0 Å². The van der Waals surface area contributed by atoms with Crippen molar-refractivity contribution in [2.24, 2.45) is 5.73 Å². The zero-order valence-electron chi connectivity index (χ0n) is 13.6. The average Bonchev–Trinajstić information content (AvgIpc) is 2.89. The molecule has 1 aromatic rings. The number of halogens is 4. The maximum atomic E-state index is 12.7. The van der Waals surface area contributed by atoms with Gasteiger partial charge in [0.2, 0.25) is 11.8 Å². The van der Waals surface area contributed by atoms with Crippen LogP contribution in [0.2, 0.25) is 5.02 Å². The molecule has 1 aliphatic rings. The maximum Gasteiger partial charge on any atom is 0.405 e. The topological polar surface area (TPSA) is 75.4 Å². The molecular weight excluding hydrogens is 359 g/mol. The number of amides is 2. The van der Waals surface area contributed by atoms with E-state index in [1.807, 2.05) is 12.2 Å². The highest BCUT2D eigenvalue weighted by Gasteiger charge is 2.41. The normalized spacial score (nSPS) is 18.0. The van der Waals surface area contributed by atoms with Gasteiger partial charge in [0.1, 0.15) is 12.6 Å². The SMILES string of the molecule is CCC[C@H](N)C(=O)N1c2ccc(Cl)cc2C[C@@H]1C(=O)NCC(F)(F)F. The Balaban J connectivity index is 2.28. The number of anilines is 1. The third-order valence-corrected chi connectivity index (χ3v) is 4.18. The molecule has 3 N–H and O–H groups in total. The Morgan fingerprint density at radius 3 is 2.72 bits per heavy atom. The summed E-state index contributed by atoms with van der Waals surface area (Å²) in [7, 11) is 0. The molecular formula is C16H19ClF3N3O2. The van der Waals surface area contributed by atoms with E-state index in [0.717, 1.165) is 0 Å². The predicted octanol–water partition coefficient (Wildman–Crippen LogP) is 2.40. The summed E-state index contributed by atoms with van der Waals surface area (Å²) in [5, 5.41) is 2.26. The summed E-state index contributed by atoms with van der Waals surface area (Å²) in [4.78, 5) is 26.1. The number of hydrogen-bond donors (Lipinski definition) is 2. The third kappa shape index (κ3) is 4.64. The van der Waals surface area contributed by atoms with Crippen molar-refractivity contribution in [1.82, 2.24) is 5.32 Å². The number of fused-ring (bicyclic) bond motifs is 1. The van der Waals surface area contributed by atoms with Crippen molar-refractivity contribution in [1.29, 1.82) is 0 Å². The van der Waals surface area contributed by atoms with Gasteiger partial charge in [0, 0.05) is 17.1 Å². The number of carbonyl (C=O) groups excluding carboxylic acids is 2. The molecule has 0 bridgehead atoms. The Morgan fingerprint density at radius 2 is 2.12 bits per heavy atom. The quantitative estimate of drug-likeness (QED) is 0.827. The lowest BCUT2D eigenvalue weighted by Gasteiger charge is -2.27. The monoisotopic (exact) mass is 377 g/mol. The van der Waals surface area contributed by atoms with Crippen LogP contribution in [0.4, 0.5) is 18.9 Å². The van der Waals surface area contributed by atoms with E-state index >= 15 is 0 Å². The molecule has 138 valence electrons. The summed E-state index contributed by atoms with van der Waals surface area (Å²) in [6.45, 7) is 0.404. The van der Waals surface area contributed by atoms with Crippen LogP contribution >= 0.6 is 11.6 Å². The second-order valence-electron chi connectivity index (χ2n) is 5.93. The molecule has 2 amide bonds. The minimum absolute atomic E-state index is 0.0875. The smallest absolute Gasteiger partial charge is 0.345 e. The van der Waals surface area contributed by atoms with Crippen molar-refractivity contribution < 1.29 is 22.8 Å². The van der Waals surface area contributed by atoms with Gasteiger partial charge in [-0.3, -0.25) is 14.5 Å². The Bertz CT molecular complexity index is 667. The number of nitrogens with two attached hydrogens (primary N) is 1. The van der Waals surface area contributed by atoms with Gasteiger partial charge in [-0.15, -0.1) is 0 Å². The van der Waals surface area contributed by atoms with Crippen LogP contribution in [-0.2, 0) is 16.0 Å². The lowest BCUT2D eigenvalue weighted by Crippen LogP contribution is -2.53. The van der Waals surface area contributed by atoms with Crippen molar-refractivity contribution in [3.63, 3.8) is 0 Å². The number of hydrogen-bond acceptors (Lipinski definition) is 3. The minimum Gasteiger partial charge on any atom is -0.345 e. The number of alkyl halides is 3. The zero-order chi connectivity index (χ0) is 18.8. The highest BCUT2D eigenvalue weighted by molar-refractivity contribution is 6.30. The van der Waals surface area contributed by atoms with Crippen LogP contribution in [0.25, 0.3) is 0 Å². The van der Waals surface area contributed by atoms with Gasteiger partial charge in [0.05, 0.1) is 6.04 Å². The highest BCUT2D eigenvalue weighted by Crippen LogP contribution is 2.35. The number of nitrogens with one attached hydrogen (secondary N) is 1. The van der Waals surface area contributed by atoms with E-state index < -0.39 is 36.6 Å². The van der Waals surface area contributed by atoms with Crippen LogP contribution in [0.1, 0.15) is 25.3 Å². The van der Waals surface area contributed by atoms with E-state index in [0.29, 0.717) is 29.1 Å². The molecule has 2 atom stereocenters. The van der Waals surface area contributed by atoms with Gasteiger partial charge in [-0.2, -0.15) is 13.2 Å². The fraction of sp³-hybridized carbons (Fsp3) is 0.500. The number of rotatable bonds is 5. The molecule has 0 aromatic heterocycles. The van der Waals surface area contributed by atoms with E-state index in [1.54, 1.807) is 18.2 Å². The van der Waals surface area contributed by atoms with E-state index in [-0.39, 0.29) is 6.42 Å². The summed E-state index contributed by atoms with van der Waals surface area (Å²) in [5.41, 5.74) is 6.95.